The van der Waals surface area contributed by atoms with Crippen LogP contribution in [0.4, 0.5) is 0 Å². The Kier molecular flexibility index (Phi) is 3.83. The lowest BCUT2D eigenvalue weighted by Crippen LogP contribution is -2.18. The number of sulfonamides is 1. The first-order valence-electron chi connectivity index (χ1n) is 4.92. The molecule has 0 unspecified atom stereocenters. The van der Waals surface area contributed by atoms with Crippen LogP contribution in [0.3, 0.4) is 0 Å². The molecule has 0 fully saturated rings. The van der Waals surface area contributed by atoms with E-state index in [1.807, 2.05) is 0 Å². The minimum absolute atomic E-state index is 0.141. The predicted octanol–water partition coefficient (Wildman–Crippen LogP) is 2.35. The molecule has 0 bridgehead atoms. The van der Waals surface area contributed by atoms with Crippen molar-refractivity contribution in [1.82, 2.24) is 4.83 Å². The van der Waals surface area contributed by atoms with Crippen molar-refractivity contribution in [3.8, 4) is 0 Å². The van der Waals surface area contributed by atoms with Crippen molar-refractivity contribution >= 4 is 32.2 Å². The fourth-order valence-electron chi connectivity index (χ4n) is 1.19. The van der Waals surface area contributed by atoms with Crippen molar-refractivity contribution in [2.24, 2.45) is 5.10 Å². The second-order valence-electron chi connectivity index (χ2n) is 3.32. The molecule has 2 rings (SSSR count). The molecule has 1 aromatic heterocycles. The standard InChI is InChI=1S/C11H9BrN2O3S/c12-9-3-5-11(6-4-9)18(15,16)14-13-8-10-2-1-7-17-10/h1-8,14H. The van der Waals surface area contributed by atoms with E-state index in [2.05, 4.69) is 25.9 Å². The van der Waals surface area contributed by atoms with Crippen LogP contribution in [0.25, 0.3) is 0 Å². The molecular formula is C11H9BrN2O3S. The number of rotatable bonds is 4. The molecule has 0 spiro atoms. The maximum absolute atomic E-state index is 11.8. The summed E-state index contributed by atoms with van der Waals surface area (Å²) in [5, 5.41) is 3.62. The first kappa shape index (κ1) is 12.8. The average Bonchev–Trinajstić information content (AvgIpc) is 2.82. The van der Waals surface area contributed by atoms with E-state index in [0.29, 0.717) is 5.76 Å². The zero-order valence-corrected chi connectivity index (χ0v) is 11.5. The normalized spacial score (nSPS) is 11.8. The summed E-state index contributed by atoms with van der Waals surface area (Å²) in [5.74, 6) is 0.466. The van der Waals surface area contributed by atoms with Crippen LogP contribution in [0.1, 0.15) is 5.76 Å². The van der Waals surface area contributed by atoms with E-state index < -0.39 is 10.0 Å². The molecule has 1 N–H and O–H groups in total. The van der Waals surface area contributed by atoms with E-state index in [1.165, 1.54) is 24.6 Å². The van der Waals surface area contributed by atoms with Crippen molar-refractivity contribution in [2.75, 3.05) is 0 Å². The molecule has 0 amide bonds. The molecule has 0 atom stereocenters. The third-order valence-electron chi connectivity index (χ3n) is 2.03. The number of benzene rings is 1. The summed E-state index contributed by atoms with van der Waals surface area (Å²) in [6.07, 6.45) is 2.76. The Hall–Kier alpha value is -1.60. The van der Waals surface area contributed by atoms with Gasteiger partial charge in [0.15, 0.2) is 0 Å². The van der Waals surface area contributed by atoms with Crippen molar-refractivity contribution < 1.29 is 12.8 Å². The van der Waals surface area contributed by atoms with E-state index in [1.54, 1.807) is 24.3 Å². The van der Waals surface area contributed by atoms with Crippen LogP contribution in [0, 0.1) is 0 Å². The zero-order valence-electron chi connectivity index (χ0n) is 9.08. The van der Waals surface area contributed by atoms with E-state index in [4.69, 9.17) is 4.42 Å². The second-order valence-corrected chi connectivity index (χ2v) is 5.90. The van der Waals surface area contributed by atoms with Gasteiger partial charge in [-0.15, -0.1) is 0 Å². The molecular weight excluding hydrogens is 320 g/mol. The maximum Gasteiger partial charge on any atom is 0.276 e. The summed E-state index contributed by atoms with van der Waals surface area (Å²) in [6.45, 7) is 0. The van der Waals surface area contributed by atoms with E-state index >= 15 is 0 Å². The third kappa shape index (κ3) is 3.21. The molecule has 2 aromatic rings. The van der Waals surface area contributed by atoms with Crippen LogP contribution in [-0.4, -0.2) is 14.6 Å². The molecule has 0 radical (unpaired) electrons. The van der Waals surface area contributed by atoms with Gasteiger partial charge in [0.25, 0.3) is 10.0 Å². The quantitative estimate of drug-likeness (QED) is 0.691. The number of nitrogens with zero attached hydrogens (tertiary/aromatic N) is 1. The number of hydrogen-bond donors (Lipinski definition) is 1. The summed E-state index contributed by atoms with van der Waals surface area (Å²) in [5.41, 5.74) is 0. The van der Waals surface area contributed by atoms with Gasteiger partial charge < -0.3 is 4.42 Å². The van der Waals surface area contributed by atoms with Crippen LogP contribution < -0.4 is 4.83 Å². The zero-order chi connectivity index (χ0) is 13.0. The number of nitrogens with one attached hydrogen (secondary N) is 1. The molecule has 0 aliphatic rings. The molecule has 0 saturated heterocycles. The van der Waals surface area contributed by atoms with Gasteiger partial charge in [0.2, 0.25) is 0 Å². The van der Waals surface area contributed by atoms with Gasteiger partial charge in [-0.05, 0) is 36.4 Å². The van der Waals surface area contributed by atoms with Gasteiger partial charge >= 0.3 is 0 Å². The fraction of sp³-hybridized carbons (Fsp3) is 0. The Morgan fingerprint density at radius 3 is 2.56 bits per heavy atom. The topological polar surface area (TPSA) is 71.7 Å². The summed E-state index contributed by atoms with van der Waals surface area (Å²) < 4.78 is 29.4. The largest absolute Gasteiger partial charge is 0.463 e. The Balaban J connectivity index is 2.10. The molecule has 0 aliphatic heterocycles. The molecule has 7 heteroatoms. The van der Waals surface area contributed by atoms with Gasteiger partial charge in [0.1, 0.15) is 5.76 Å². The Labute approximate surface area is 113 Å². The summed E-state index contributed by atoms with van der Waals surface area (Å²) in [4.78, 5) is 2.24. The summed E-state index contributed by atoms with van der Waals surface area (Å²) in [6, 6.07) is 9.60. The van der Waals surface area contributed by atoms with E-state index in [0.717, 1.165) is 4.47 Å². The molecule has 18 heavy (non-hydrogen) atoms. The first-order valence-corrected chi connectivity index (χ1v) is 7.19. The molecule has 0 saturated carbocycles. The minimum Gasteiger partial charge on any atom is -0.463 e. The van der Waals surface area contributed by atoms with Crippen molar-refractivity contribution in [1.29, 1.82) is 0 Å². The van der Waals surface area contributed by atoms with Gasteiger partial charge in [-0.2, -0.15) is 18.4 Å². The SMILES string of the molecule is O=S(=O)(NN=Cc1ccco1)c1ccc(Br)cc1. The van der Waals surface area contributed by atoms with Crippen molar-refractivity contribution in [3.63, 3.8) is 0 Å². The monoisotopic (exact) mass is 328 g/mol. The van der Waals surface area contributed by atoms with Crippen molar-refractivity contribution in [2.45, 2.75) is 4.90 Å². The molecule has 0 aliphatic carbocycles. The predicted molar refractivity (Wildman–Crippen MR) is 70.8 cm³/mol. The minimum atomic E-state index is -3.64. The van der Waals surface area contributed by atoms with Crippen LogP contribution >= 0.6 is 15.9 Å². The van der Waals surface area contributed by atoms with Gasteiger partial charge in [-0.25, -0.2) is 0 Å². The van der Waals surface area contributed by atoms with Crippen LogP contribution in [0.15, 0.2) is 61.5 Å². The van der Waals surface area contributed by atoms with E-state index in [9.17, 15) is 8.42 Å². The Morgan fingerprint density at radius 2 is 1.94 bits per heavy atom. The van der Waals surface area contributed by atoms with Gasteiger partial charge in [-0.1, -0.05) is 15.9 Å². The third-order valence-corrected chi connectivity index (χ3v) is 3.80. The lowest BCUT2D eigenvalue weighted by atomic mass is 10.4. The highest BCUT2D eigenvalue weighted by Crippen LogP contribution is 2.14. The maximum atomic E-state index is 11.8. The molecule has 94 valence electrons. The number of hydrogen-bond acceptors (Lipinski definition) is 4. The smallest absolute Gasteiger partial charge is 0.276 e. The Morgan fingerprint density at radius 1 is 1.22 bits per heavy atom. The number of hydrazone groups is 1. The Bertz CT molecular complexity index is 633. The fourth-order valence-corrected chi connectivity index (χ4v) is 2.25. The van der Waals surface area contributed by atoms with Gasteiger partial charge in [-0.3, -0.25) is 0 Å². The molecule has 5 nitrogen and oxygen atoms in total. The summed E-state index contributed by atoms with van der Waals surface area (Å²) in [7, 11) is -3.64. The number of halogens is 1. The highest BCUT2D eigenvalue weighted by molar-refractivity contribution is 9.10. The highest BCUT2D eigenvalue weighted by atomic mass is 79.9. The lowest BCUT2D eigenvalue weighted by molar-refractivity contribution is 0.559. The van der Waals surface area contributed by atoms with Crippen LogP contribution in [0.5, 0.6) is 0 Å². The van der Waals surface area contributed by atoms with E-state index in [-0.39, 0.29) is 4.90 Å². The number of furan rings is 1. The van der Waals surface area contributed by atoms with Gasteiger partial charge in [0, 0.05) is 4.47 Å². The highest BCUT2D eigenvalue weighted by Gasteiger charge is 2.11. The van der Waals surface area contributed by atoms with Gasteiger partial charge in [0.05, 0.1) is 17.4 Å². The van der Waals surface area contributed by atoms with Crippen LogP contribution in [0.2, 0.25) is 0 Å². The summed E-state index contributed by atoms with van der Waals surface area (Å²) >= 11 is 3.23. The second kappa shape index (κ2) is 5.36. The average molecular weight is 329 g/mol. The van der Waals surface area contributed by atoms with Crippen molar-refractivity contribution in [3.05, 3.63) is 52.9 Å². The molecule has 1 heterocycles. The van der Waals surface area contributed by atoms with Crippen LogP contribution in [-0.2, 0) is 10.0 Å². The molecule has 1 aromatic carbocycles. The first-order chi connectivity index (χ1) is 8.58. The lowest BCUT2D eigenvalue weighted by Gasteiger charge is -2.02.